The van der Waals surface area contributed by atoms with Crippen LogP contribution in [0.3, 0.4) is 0 Å². The maximum Gasteiger partial charge on any atom is 0.416 e. The molecule has 3 aromatic carbocycles. The van der Waals surface area contributed by atoms with E-state index < -0.39 is 34.2 Å². The fourth-order valence-corrected chi connectivity index (χ4v) is 5.02. The minimum Gasteiger partial charge on any atom is -0.323 e. The largest absolute Gasteiger partial charge is 0.416 e. The van der Waals surface area contributed by atoms with Gasteiger partial charge < -0.3 is 5.32 Å². The summed E-state index contributed by atoms with van der Waals surface area (Å²) in [7, 11) is -4.34. The predicted octanol–water partition coefficient (Wildman–Crippen LogP) is 5.57. The quantitative estimate of drug-likeness (QED) is 0.436. The Bertz CT molecular complexity index is 1240. The molecule has 3 rings (SSSR count). The number of alkyl halides is 3. The Morgan fingerprint density at radius 3 is 2.30 bits per heavy atom. The van der Waals surface area contributed by atoms with Crippen molar-refractivity contribution in [3.8, 4) is 0 Å². The Kier molecular flexibility index (Phi) is 7.38. The third-order valence-electron chi connectivity index (χ3n) is 4.74. The molecule has 1 amide bonds. The third-order valence-corrected chi connectivity index (χ3v) is 7.32. The molecule has 0 spiro atoms. The van der Waals surface area contributed by atoms with E-state index in [0.717, 1.165) is 28.7 Å². The number of hydrogen-bond acceptors (Lipinski definition) is 4. The van der Waals surface area contributed by atoms with Gasteiger partial charge in [0.25, 0.3) is 10.0 Å². The van der Waals surface area contributed by atoms with Crippen molar-refractivity contribution >= 4 is 39.1 Å². The van der Waals surface area contributed by atoms with Crippen LogP contribution in [0.5, 0.6) is 0 Å². The topological polar surface area (TPSA) is 66.5 Å². The molecule has 0 unspecified atom stereocenters. The lowest BCUT2D eigenvalue weighted by Gasteiger charge is -2.25. The molecular formula is C23H21F3N2O3S2. The number of carbonyl (C=O) groups is 1. The second kappa shape index (κ2) is 9.88. The number of sulfonamides is 1. The Morgan fingerprint density at radius 1 is 1.00 bits per heavy atom. The molecule has 0 saturated carbocycles. The normalized spacial score (nSPS) is 11.8. The van der Waals surface area contributed by atoms with Crippen molar-refractivity contribution in [3.63, 3.8) is 0 Å². The Morgan fingerprint density at radius 2 is 1.67 bits per heavy atom. The van der Waals surface area contributed by atoms with Crippen molar-refractivity contribution in [1.82, 2.24) is 0 Å². The van der Waals surface area contributed by atoms with E-state index in [-0.39, 0.29) is 10.6 Å². The minimum atomic E-state index is -4.67. The van der Waals surface area contributed by atoms with E-state index in [1.807, 2.05) is 6.26 Å². The summed E-state index contributed by atoms with van der Waals surface area (Å²) >= 11 is 1.39. The zero-order valence-corrected chi connectivity index (χ0v) is 19.4. The van der Waals surface area contributed by atoms with Crippen molar-refractivity contribution < 1.29 is 26.4 Å². The van der Waals surface area contributed by atoms with Crippen LogP contribution < -0.4 is 9.62 Å². The molecule has 0 heterocycles. The molecule has 33 heavy (non-hydrogen) atoms. The van der Waals surface area contributed by atoms with Crippen LogP contribution in [0.4, 0.5) is 24.5 Å². The second-order valence-electron chi connectivity index (χ2n) is 7.12. The number of rotatable bonds is 7. The Labute approximate surface area is 194 Å². The van der Waals surface area contributed by atoms with Gasteiger partial charge in [0.05, 0.1) is 21.8 Å². The Hall–Kier alpha value is -2.98. The van der Waals surface area contributed by atoms with Gasteiger partial charge in [0, 0.05) is 4.90 Å². The van der Waals surface area contributed by atoms with Gasteiger partial charge in [-0.25, -0.2) is 8.42 Å². The number of anilines is 2. The summed E-state index contributed by atoms with van der Waals surface area (Å²) < 4.78 is 67.3. The number of nitrogens with one attached hydrogen (secondary N) is 1. The van der Waals surface area contributed by atoms with Gasteiger partial charge in [0.2, 0.25) is 5.91 Å². The van der Waals surface area contributed by atoms with Crippen LogP contribution in [0, 0.1) is 6.92 Å². The molecule has 0 saturated heterocycles. The lowest BCUT2D eigenvalue weighted by atomic mass is 10.2. The molecule has 0 atom stereocenters. The number of thioether (sulfide) groups is 1. The molecule has 0 radical (unpaired) electrons. The molecule has 1 N–H and O–H groups in total. The van der Waals surface area contributed by atoms with Crippen LogP contribution in [0.15, 0.2) is 82.6 Å². The fourth-order valence-electron chi connectivity index (χ4n) is 3.06. The smallest absolute Gasteiger partial charge is 0.323 e. The van der Waals surface area contributed by atoms with Gasteiger partial charge >= 0.3 is 6.18 Å². The zero-order chi connectivity index (χ0) is 24.2. The highest BCUT2D eigenvalue weighted by atomic mass is 32.2. The van der Waals surface area contributed by atoms with E-state index in [1.165, 1.54) is 30.0 Å². The van der Waals surface area contributed by atoms with Crippen molar-refractivity contribution in [3.05, 3.63) is 83.9 Å². The van der Waals surface area contributed by atoms with Gasteiger partial charge in [-0.1, -0.05) is 35.9 Å². The van der Waals surface area contributed by atoms with Crippen molar-refractivity contribution in [2.75, 3.05) is 22.4 Å². The fraction of sp³-hybridized carbons (Fsp3) is 0.174. The first-order chi connectivity index (χ1) is 15.5. The van der Waals surface area contributed by atoms with Gasteiger partial charge in [-0.2, -0.15) is 13.2 Å². The van der Waals surface area contributed by atoms with E-state index in [9.17, 15) is 26.4 Å². The number of aryl methyl sites for hydroxylation is 1. The highest BCUT2D eigenvalue weighted by Gasteiger charge is 2.33. The van der Waals surface area contributed by atoms with Crippen LogP contribution in [-0.2, 0) is 21.0 Å². The molecule has 0 bridgehead atoms. The number of para-hydroxylation sites is 1. The highest BCUT2D eigenvalue weighted by molar-refractivity contribution is 7.98. The van der Waals surface area contributed by atoms with E-state index in [0.29, 0.717) is 9.99 Å². The number of benzene rings is 3. The molecule has 0 aliphatic rings. The first-order valence-corrected chi connectivity index (χ1v) is 12.4. The summed E-state index contributed by atoms with van der Waals surface area (Å²) in [4.78, 5) is 13.5. The number of hydrogen-bond donors (Lipinski definition) is 1. The molecule has 0 aromatic heterocycles. The summed E-state index contributed by atoms with van der Waals surface area (Å²) in [5.74, 6) is -0.690. The second-order valence-corrected chi connectivity index (χ2v) is 9.83. The molecular weight excluding hydrogens is 473 g/mol. The SMILES string of the molecule is CSc1ccccc1NC(=O)CN(c1cccc(C(F)(F)F)c1)S(=O)(=O)c1ccc(C)cc1. The highest BCUT2D eigenvalue weighted by Crippen LogP contribution is 2.33. The summed E-state index contributed by atoms with van der Waals surface area (Å²) in [6, 6.07) is 16.7. The predicted molar refractivity (Wildman–Crippen MR) is 124 cm³/mol. The van der Waals surface area contributed by atoms with Crippen LogP contribution in [-0.4, -0.2) is 27.1 Å². The number of carbonyl (C=O) groups excluding carboxylic acids is 1. The molecule has 0 aliphatic carbocycles. The third kappa shape index (κ3) is 5.88. The van der Waals surface area contributed by atoms with E-state index in [2.05, 4.69) is 5.32 Å². The van der Waals surface area contributed by atoms with Crippen LogP contribution in [0.1, 0.15) is 11.1 Å². The summed E-state index contributed by atoms with van der Waals surface area (Å²) in [5, 5.41) is 2.65. The van der Waals surface area contributed by atoms with Gasteiger partial charge in [0.1, 0.15) is 6.54 Å². The summed E-state index contributed by atoms with van der Waals surface area (Å²) in [6.45, 7) is 1.07. The number of nitrogens with zero attached hydrogens (tertiary/aromatic N) is 1. The lowest BCUT2D eigenvalue weighted by molar-refractivity contribution is -0.137. The molecule has 174 valence electrons. The standard InChI is InChI=1S/C23H21F3N2O3S2/c1-16-10-12-19(13-11-16)33(30,31)28(18-7-5-6-17(14-18)23(24,25)26)15-22(29)27-20-8-3-4-9-21(20)32-2/h3-14H,15H2,1-2H3,(H,27,29). The first kappa shape index (κ1) is 24.7. The molecule has 0 fully saturated rings. The van der Waals surface area contributed by atoms with Gasteiger partial charge in [-0.05, 0) is 55.6 Å². The lowest BCUT2D eigenvalue weighted by Crippen LogP contribution is -2.38. The van der Waals surface area contributed by atoms with Crippen LogP contribution in [0.2, 0.25) is 0 Å². The Balaban J connectivity index is 2.02. The maximum atomic E-state index is 13.4. The van der Waals surface area contributed by atoms with Crippen LogP contribution in [0.25, 0.3) is 0 Å². The average molecular weight is 495 g/mol. The van der Waals surface area contributed by atoms with E-state index in [1.54, 1.807) is 43.3 Å². The molecule has 5 nitrogen and oxygen atoms in total. The van der Waals surface area contributed by atoms with Gasteiger partial charge in [0.15, 0.2) is 0 Å². The first-order valence-electron chi connectivity index (χ1n) is 9.72. The molecule has 10 heteroatoms. The average Bonchev–Trinajstić information content (AvgIpc) is 2.77. The molecule has 3 aromatic rings. The van der Waals surface area contributed by atoms with Gasteiger partial charge in [-0.15, -0.1) is 11.8 Å². The van der Waals surface area contributed by atoms with Crippen molar-refractivity contribution in [2.24, 2.45) is 0 Å². The van der Waals surface area contributed by atoms with Crippen molar-refractivity contribution in [1.29, 1.82) is 0 Å². The summed E-state index contributed by atoms with van der Waals surface area (Å²) in [5.41, 5.74) is 0.00801. The maximum absolute atomic E-state index is 13.4. The minimum absolute atomic E-state index is 0.136. The summed E-state index contributed by atoms with van der Waals surface area (Å²) in [6.07, 6.45) is -2.85. The zero-order valence-electron chi connectivity index (χ0n) is 17.8. The number of amides is 1. The van der Waals surface area contributed by atoms with E-state index >= 15 is 0 Å². The van der Waals surface area contributed by atoms with Gasteiger partial charge in [-0.3, -0.25) is 9.10 Å². The monoisotopic (exact) mass is 494 g/mol. The van der Waals surface area contributed by atoms with E-state index in [4.69, 9.17) is 0 Å². The number of halogens is 3. The van der Waals surface area contributed by atoms with Crippen LogP contribution >= 0.6 is 11.8 Å². The molecule has 0 aliphatic heterocycles. The van der Waals surface area contributed by atoms with Crippen molar-refractivity contribution in [2.45, 2.75) is 22.9 Å².